The molecule has 0 aromatic carbocycles. The summed E-state index contributed by atoms with van der Waals surface area (Å²) in [5, 5.41) is 6.36. The van der Waals surface area contributed by atoms with Gasteiger partial charge < -0.3 is 15.4 Å². The van der Waals surface area contributed by atoms with Crippen molar-refractivity contribution in [2.75, 3.05) is 11.9 Å². The van der Waals surface area contributed by atoms with Crippen LogP contribution in [0.2, 0.25) is 0 Å². The van der Waals surface area contributed by atoms with Gasteiger partial charge in [-0.3, -0.25) is 4.79 Å². The van der Waals surface area contributed by atoms with Crippen molar-refractivity contribution in [1.82, 2.24) is 5.32 Å². The molecule has 1 aliphatic rings. The third-order valence-electron chi connectivity index (χ3n) is 3.59. The number of fused-ring (bicyclic) bond motifs is 1. The standard InChI is InChI=1S/C15H22N2O3S/c1-5-7-8-15(4)16-11-10(13(18)17-15)9(3)21-12(11)14(19)20-6-2/h16H,5-8H2,1-4H3,(H,17,18)/t15-/m1/s1. The summed E-state index contributed by atoms with van der Waals surface area (Å²) in [7, 11) is 0. The van der Waals surface area contributed by atoms with E-state index in [1.165, 1.54) is 11.3 Å². The highest BCUT2D eigenvalue weighted by Crippen LogP contribution is 2.38. The van der Waals surface area contributed by atoms with Crippen LogP contribution in [0.25, 0.3) is 0 Å². The number of hydrogen-bond acceptors (Lipinski definition) is 5. The molecule has 0 bridgehead atoms. The number of nitrogens with one attached hydrogen (secondary N) is 2. The van der Waals surface area contributed by atoms with E-state index < -0.39 is 5.66 Å². The van der Waals surface area contributed by atoms with Crippen molar-refractivity contribution >= 4 is 28.9 Å². The zero-order valence-electron chi connectivity index (χ0n) is 13.0. The summed E-state index contributed by atoms with van der Waals surface area (Å²) in [6, 6.07) is 0. The van der Waals surface area contributed by atoms with Crippen molar-refractivity contribution in [3.8, 4) is 0 Å². The molecular formula is C15H22N2O3S. The van der Waals surface area contributed by atoms with E-state index in [1.54, 1.807) is 6.92 Å². The molecule has 1 aromatic rings. The third-order valence-corrected chi connectivity index (χ3v) is 4.68. The van der Waals surface area contributed by atoms with E-state index in [0.717, 1.165) is 24.1 Å². The minimum atomic E-state index is -0.519. The predicted molar refractivity (Wildman–Crippen MR) is 84.0 cm³/mol. The first kappa shape index (κ1) is 15.8. The SMILES string of the molecule is CCCC[C@@]1(C)NC(=O)c2c(C)sc(C(=O)OCC)c2N1. The summed E-state index contributed by atoms with van der Waals surface area (Å²) in [5.41, 5.74) is 0.671. The van der Waals surface area contributed by atoms with Crippen LogP contribution < -0.4 is 10.6 Å². The fraction of sp³-hybridized carbons (Fsp3) is 0.600. The smallest absolute Gasteiger partial charge is 0.350 e. The Kier molecular flexibility index (Phi) is 4.56. The monoisotopic (exact) mass is 310 g/mol. The van der Waals surface area contributed by atoms with Gasteiger partial charge in [-0.25, -0.2) is 4.79 Å². The average molecular weight is 310 g/mol. The molecule has 116 valence electrons. The Balaban J connectivity index is 2.38. The van der Waals surface area contributed by atoms with E-state index in [0.29, 0.717) is 22.7 Å². The quantitative estimate of drug-likeness (QED) is 0.819. The molecule has 0 fully saturated rings. The fourth-order valence-corrected chi connectivity index (χ4v) is 3.55. The minimum absolute atomic E-state index is 0.119. The molecule has 21 heavy (non-hydrogen) atoms. The Morgan fingerprint density at radius 1 is 1.33 bits per heavy atom. The van der Waals surface area contributed by atoms with Gasteiger partial charge in [0.2, 0.25) is 0 Å². The molecule has 0 saturated heterocycles. The summed E-state index contributed by atoms with van der Waals surface area (Å²) in [4.78, 5) is 25.8. The van der Waals surface area contributed by atoms with E-state index in [9.17, 15) is 9.59 Å². The van der Waals surface area contributed by atoms with E-state index in [-0.39, 0.29) is 11.9 Å². The van der Waals surface area contributed by atoms with Crippen LogP contribution in [0.1, 0.15) is 64.9 Å². The predicted octanol–water partition coefficient (Wildman–Crippen LogP) is 3.29. The van der Waals surface area contributed by atoms with Crippen LogP contribution in [0.5, 0.6) is 0 Å². The van der Waals surface area contributed by atoms with Crippen molar-refractivity contribution in [3.63, 3.8) is 0 Å². The van der Waals surface area contributed by atoms with E-state index in [1.807, 2.05) is 13.8 Å². The molecule has 2 rings (SSSR count). The van der Waals surface area contributed by atoms with Gasteiger partial charge in [-0.2, -0.15) is 0 Å². The number of hydrogen-bond donors (Lipinski definition) is 2. The van der Waals surface area contributed by atoms with Gasteiger partial charge >= 0.3 is 5.97 Å². The lowest BCUT2D eigenvalue weighted by molar-refractivity contribution is 0.0533. The second-order valence-electron chi connectivity index (χ2n) is 5.47. The number of carbonyl (C=O) groups excluding carboxylic acids is 2. The lowest BCUT2D eigenvalue weighted by atomic mass is 9.99. The lowest BCUT2D eigenvalue weighted by Gasteiger charge is -2.37. The zero-order chi connectivity index (χ0) is 15.6. The highest BCUT2D eigenvalue weighted by molar-refractivity contribution is 7.15. The van der Waals surface area contributed by atoms with Crippen molar-refractivity contribution in [2.45, 2.75) is 52.6 Å². The molecule has 0 radical (unpaired) electrons. The first-order chi connectivity index (χ1) is 9.91. The van der Waals surface area contributed by atoms with E-state index >= 15 is 0 Å². The number of unbranched alkanes of at least 4 members (excludes halogenated alkanes) is 1. The van der Waals surface area contributed by atoms with Gasteiger partial charge in [0.05, 0.1) is 17.9 Å². The molecule has 0 aliphatic carbocycles. The topological polar surface area (TPSA) is 67.4 Å². The zero-order valence-corrected chi connectivity index (χ0v) is 13.8. The number of thiophene rings is 1. The maximum atomic E-state index is 12.4. The minimum Gasteiger partial charge on any atom is -0.462 e. The lowest BCUT2D eigenvalue weighted by Crippen LogP contribution is -2.55. The molecule has 2 heterocycles. The molecule has 0 spiro atoms. The molecule has 1 aliphatic heterocycles. The molecular weight excluding hydrogens is 288 g/mol. The summed E-state index contributed by atoms with van der Waals surface area (Å²) < 4.78 is 5.09. The number of esters is 1. The molecule has 0 unspecified atom stereocenters. The number of aryl methyl sites for hydroxylation is 1. The summed E-state index contributed by atoms with van der Waals surface area (Å²) in [6.07, 6.45) is 2.86. The van der Waals surface area contributed by atoms with Crippen LogP contribution in [0.15, 0.2) is 0 Å². The Hall–Kier alpha value is -1.56. The molecule has 2 N–H and O–H groups in total. The fourth-order valence-electron chi connectivity index (χ4n) is 2.55. The molecule has 6 heteroatoms. The highest BCUT2D eigenvalue weighted by atomic mass is 32.1. The second kappa shape index (κ2) is 6.05. The second-order valence-corrected chi connectivity index (χ2v) is 6.70. The number of rotatable bonds is 5. The highest BCUT2D eigenvalue weighted by Gasteiger charge is 2.38. The van der Waals surface area contributed by atoms with Crippen LogP contribution in [-0.2, 0) is 4.74 Å². The number of ether oxygens (including phenoxy) is 1. The van der Waals surface area contributed by atoms with Crippen molar-refractivity contribution in [1.29, 1.82) is 0 Å². The van der Waals surface area contributed by atoms with Gasteiger partial charge in [0.1, 0.15) is 10.5 Å². The van der Waals surface area contributed by atoms with Crippen molar-refractivity contribution in [3.05, 3.63) is 15.3 Å². The first-order valence-electron chi connectivity index (χ1n) is 7.33. The third kappa shape index (κ3) is 3.05. The van der Waals surface area contributed by atoms with Gasteiger partial charge in [0, 0.05) is 4.88 Å². The normalized spacial score (nSPS) is 20.5. The summed E-state index contributed by atoms with van der Waals surface area (Å²) >= 11 is 1.31. The van der Waals surface area contributed by atoms with Gasteiger partial charge in [0.25, 0.3) is 5.91 Å². The Bertz CT molecular complexity index is 568. The van der Waals surface area contributed by atoms with Crippen LogP contribution in [-0.4, -0.2) is 24.1 Å². The maximum absolute atomic E-state index is 12.4. The largest absolute Gasteiger partial charge is 0.462 e. The van der Waals surface area contributed by atoms with Crippen LogP contribution in [0.4, 0.5) is 5.69 Å². The Morgan fingerprint density at radius 2 is 2.05 bits per heavy atom. The van der Waals surface area contributed by atoms with Crippen molar-refractivity contribution in [2.24, 2.45) is 0 Å². The summed E-state index contributed by atoms with van der Waals surface area (Å²) in [5.74, 6) is -0.487. The first-order valence-corrected chi connectivity index (χ1v) is 8.14. The van der Waals surface area contributed by atoms with Crippen molar-refractivity contribution < 1.29 is 14.3 Å². The summed E-state index contributed by atoms with van der Waals surface area (Å²) in [6.45, 7) is 8.01. The van der Waals surface area contributed by atoms with Gasteiger partial charge in [-0.05, 0) is 33.6 Å². The molecule has 0 saturated carbocycles. The molecule has 1 atom stereocenters. The Labute approximate surface area is 129 Å². The van der Waals surface area contributed by atoms with E-state index in [2.05, 4.69) is 17.6 Å². The Morgan fingerprint density at radius 3 is 2.67 bits per heavy atom. The van der Waals surface area contributed by atoms with Crippen LogP contribution in [0, 0.1) is 6.92 Å². The number of carbonyl (C=O) groups is 2. The van der Waals surface area contributed by atoms with Gasteiger partial charge in [-0.15, -0.1) is 11.3 Å². The molecule has 1 amide bonds. The van der Waals surface area contributed by atoms with Crippen LogP contribution in [0.3, 0.4) is 0 Å². The maximum Gasteiger partial charge on any atom is 0.350 e. The molecule has 1 aromatic heterocycles. The average Bonchev–Trinajstić information content (AvgIpc) is 2.74. The number of anilines is 1. The molecule has 5 nitrogen and oxygen atoms in total. The number of amides is 1. The van der Waals surface area contributed by atoms with E-state index in [4.69, 9.17) is 4.74 Å². The van der Waals surface area contributed by atoms with Crippen LogP contribution >= 0.6 is 11.3 Å². The van der Waals surface area contributed by atoms with Gasteiger partial charge in [-0.1, -0.05) is 13.3 Å². The van der Waals surface area contributed by atoms with Gasteiger partial charge in [0.15, 0.2) is 0 Å².